The van der Waals surface area contributed by atoms with E-state index >= 15 is 0 Å². The van der Waals surface area contributed by atoms with Gasteiger partial charge in [-0.05, 0) is 48.2 Å². The minimum Gasteiger partial charge on any atom is -0.492 e. The molecule has 2 aromatic rings. The van der Waals surface area contributed by atoms with Crippen molar-refractivity contribution in [1.82, 2.24) is 0 Å². The van der Waals surface area contributed by atoms with E-state index in [2.05, 4.69) is 60.5 Å². The van der Waals surface area contributed by atoms with Gasteiger partial charge in [0.25, 0.3) is 0 Å². The molecule has 0 aliphatic heterocycles. The van der Waals surface area contributed by atoms with E-state index in [0.29, 0.717) is 39.6 Å². The van der Waals surface area contributed by atoms with Crippen LogP contribution in [0.5, 0.6) is 11.5 Å². The van der Waals surface area contributed by atoms with Crippen LogP contribution < -0.4 is 9.47 Å². The Morgan fingerprint density at radius 2 is 1.29 bits per heavy atom. The van der Waals surface area contributed by atoms with Gasteiger partial charge in [-0.15, -0.1) is 22.4 Å². The molecule has 1 unspecified atom stereocenters. The molecule has 0 saturated heterocycles. The van der Waals surface area contributed by atoms with E-state index in [0.717, 1.165) is 46.6 Å². The smallest absolute Gasteiger partial charge is 0.127 e. The molecule has 5 nitrogen and oxygen atoms in total. The Kier molecular flexibility index (Phi) is 12.3. The highest BCUT2D eigenvalue weighted by Gasteiger charge is 2.17. The standard InChI is InChI=1S/C28H39O5P/c1-5-7-22-9-11-26(32-18-17-31-16-15-30-14-13-29)24(19-22)25-20-23(8-6-2)10-12-27(25)33-21-28(3,4)34/h5-6,9-12,19-20,29H,1-2,7-8,13-18,21,34H2,3-4H3. The van der Waals surface area contributed by atoms with Gasteiger partial charge in [-0.2, -0.15) is 0 Å². The van der Waals surface area contributed by atoms with E-state index in [1.807, 2.05) is 24.3 Å². The van der Waals surface area contributed by atoms with Gasteiger partial charge in [0.05, 0.1) is 39.6 Å². The average Bonchev–Trinajstić information content (AvgIpc) is 2.80. The molecule has 1 atom stereocenters. The second-order valence-electron chi connectivity index (χ2n) is 8.72. The number of rotatable bonds is 17. The van der Waals surface area contributed by atoms with Crippen molar-refractivity contribution in [2.24, 2.45) is 0 Å². The van der Waals surface area contributed by atoms with E-state index in [1.165, 1.54) is 0 Å². The maximum absolute atomic E-state index is 8.74. The molecule has 0 bridgehead atoms. The molecule has 0 fully saturated rings. The van der Waals surface area contributed by atoms with E-state index in [4.69, 9.17) is 24.1 Å². The molecule has 2 aromatic carbocycles. The van der Waals surface area contributed by atoms with Crippen LogP contribution in [0.1, 0.15) is 25.0 Å². The van der Waals surface area contributed by atoms with Crippen molar-refractivity contribution in [3.63, 3.8) is 0 Å². The fourth-order valence-corrected chi connectivity index (χ4v) is 3.36. The van der Waals surface area contributed by atoms with Gasteiger partial charge < -0.3 is 24.1 Å². The van der Waals surface area contributed by atoms with Crippen molar-refractivity contribution in [2.45, 2.75) is 31.8 Å². The zero-order chi connectivity index (χ0) is 24.8. The second-order valence-corrected chi connectivity index (χ2v) is 10.3. The fraction of sp³-hybridized carbons (Fsp3) is 0.429. The summed E-state index contributed by atoms with van der Waals surface area (Å²) in [7, 11) is 2.83. The van der Waals surface area contributed by atoms with Crippen LogP contribution in [-0.4, -0.2) is 56.5 Å². The van der Waals surface area contributed by atoms with Crippen molar-refractivity contribution in [1.29, 1.82) is 0 Å². The van der Waals surface area contributed by atoms with E-state index in [-0.39, 0.29) is 11.8 Å². The largest absolute Gasteiger partial charge is 0.492 e. The van der Waals surface area contributed by atoms with E-state index in [9.17, 15) is 0 Å². The van der Waals surface area contributed by atoms with E-state index in [1.54, 1.807) is 0 Å². The second kappa shape index (κ2) is 15.0. The average molecular weight is 487 g/mol. The van der Waals surface area contributed by atoms with Crippen LogP contribution in [-0.2, 0) is 22.3 Å². The molecule has 0 aliphatic carbocycles. The quantitative estimate of drug-likeness (QED) is 0.188. The van der Waals surface area contributed by atoms with E-state index < -0.39 is 0 Å². The topological polar surface area (TPSA) is 57.2 Å². The SMILES string of the molecule is C=CCc1ccc(OCCOCCOCCO)c(-c2cc(CC=C)ccc2OCC(C)(C)P)c1. The summed E-state index contributed by atoms with van der Waals surface area (Å²) in [6.07, 6.45) is 5.34. The molecule has 186 valence electrons. The summed E-state index contributed by atoms with van der Waals surface area (Å²) in [5.41, 5.74) is 4.29. The van der Waals surface area contributed by atoms with Crippen LogP contribution in [0, 0.1) is 0 Å². The molecule has 1 N–H and O–H groups in total. The Labute approximate surface area is 207 Å². The number of aliphatic hydroxyl groups excluding tert-OH is 1. The summed E-state index contributed by atoms with van der Waals surface area (Å²) in [5.74, 6) is 1.60. The maximum Gasteiger partial charge on any atom is 0.127 e. The normalized spacial score (nSPS) is 11.3. The lowest BCUT2D eigenvalue weighted by atomic mass is 9.97. The van der Waals surface area contributed by atoms with Gasteiger partial charge in [-0.1, -0.05) is 38.1 Å². The lowest BCUT2D eigenvalue weighted by Crippen LogP contribution is -2.20. The van der Waals surface area contributed by atoms with Crippen molar-refractivity contribution >= 4 is 9.24 Å². The minimum atomic E-state index is -0.0424. The zero-order valence-electron chi connectivity index (χ0n) is 20.6. The fourth-order valence-electron chi connectivity index (χ4n) is 3.28. The monoisotopic (exact) mass is 486 g/mol. The Bertz CT molecular complexity index is 904. The number of benzene rings is 2. The molecule has 0 heterocycles. The van der Waals surface area contributed by atoms with Crippen LogP contribution in [0.2, 0.25) is 0 Å². The van der Waals surface area contributed by atoms with Crippen LogP contribution in [0.4, 0.5) is 0 Å². The molecule has 0 aliphatic rings. The van der Waals surface area contributed by atoms with Gasteiger partial charge in [0.1, 0.15) is 18.1 Å². The number of allylic oxidation sites excluding steroid dienone is 2. The predicted octanol–water partition coefficient (Wildman–Crippen LogP) is 5.25. The first-order valence-corrected chi connectivity index (χ1v) is 12.2. The summed E-state index contributed by atoms with van der Waals surface area (Å²) >= 11 is 0. The zero-order valence-corrected chi connectivity index (χ0v) is 21.7. The van der Waals surface area contributed by atoms with Gasteiger partial charge in [0.2, 0.25) is 0 Å². The third-order valence-electron chi connectivity index (χ3n) is 4.83. The van der Waals surface area contributed by atoms with Crippen LogP contribution >= 0.6 is 9.24 Å². The number of hydrogen-bond acceptors (Lipinski definition) is 5. The molecule has 0 saturated carbocycles. The Balaban J connectivity index is 2.27. The summed E-state index contributed by atoms with van der Waals surface area (Å²) in [4.78, 5) is 0. The molecule has 34 heavy (non-hydrogen) atoms. The van der Waals surface area contributed by atoms with Crippen LogP contribution in [0.15, 0.2) is 61.7 Å². The molecule has 2 rings (SSSR count). The highest BCUT2D eigenvalue weighted by atomic mass is 31.0. The summed E-state index contributed by atoms with van der Waals surface area (Å²) < 4.78 is 23.2. The van der Waals surface area contributed by atoms with Crippen LogP contribution in [0.3, 0.4) is 0 Å². The summed E-state index contributed by atoms with van der Waals surface area (Å²) in [5, 5.41) is 8.70. The first kappa shape index (κ1) is 28.1. The molecular weight excluding hydrogens is 447 g/mol. The van der Waals surface area contributed by atoms with Gasteiger partial charge >= 0.3 is 0 Å². The first-order valence-electron chi connectivity index (χ1n) is 11.7. The highest BCUT2D eigenvalue weighted by Crippen LogP contribution is 2.39. The lowest BCUT2D eigenvalue weighted by Gasteiger charge is -2.22. The molecule has 0 radical (unpaired) electrons. The van der Waals surface area contributed by atoms with Gasteiger partial charge in [-0.25, -0.2) is 0 Å². The summed E-state index contributed by atoms with van der Waals surface area (Å²) in [6, 6.07) is 12.5. The highest BCUT2D eigenvalue weighted by molar-refractivity contribution is 7.18. The van der Waals surface area contributed by atoms with Crippen molar-refractivity contribution < 1.29 is 24.1 Å². The third-order valence-corrected chi connectivity index (χ3v) is 5.00. The summed E-state index contributed by atoms with van der Waals surface area (Å²) in [6.45, 7) is 14.7. The minimum absolute atomic E-state index is 0.0159. The number of aliphatic hydroxyl groups is 1. The molecular formula is C28H39O5P. The maximum atomic E-state index is 8.74. The number of ether oxygens (including phenoxy) is 4. The molecule has 0 amide bonds. The lowest BCUT2D eigenvalue weighted by molar-refractivity contribution is 0.0247. The van der Waals surface area contributed by atoms with Gasteiger partial charge in [0.15, 0.2) is 0 Å². The molecule has 6 heteroatoms. The predicted molar refractivity (Wildman–Crippen MR) is 143 cm³/mol. The van der Waals surface area contributed by atoms with Gasteiger partial charge in [-0.3, -0.25) is 0 Å². The molecule has 0 spiro atoms. The first-order chi connectivity index (χ1) is 16.4. The van der Waals surface area contributed by atoms with Crippen LogP contribution in [0.25, 0.3) is 11.1 Å². The Morgan fingerprint density at radius 3 is 1.79 bits per heavy atom. The molecule has 0 aromatic heterocycles. The Morgan fingerprint density at radius 1 is 0.794 bits per heavy atom. The number of hydrogen-bond donors (Lipinski definition) is 1. The third kappa shape index (κ3) is 9.99. The van der Waals surface area contributed by atoms with Crippen molar-refractivity contribution in [2.75, 3.05) is 46.2 Å². The van der Waals surface area contributed by atoms with Crippen molar-refractivity contribution in [3.05, 3.63) is 72.8 Å². The van der Waals surface area contributed by atoms with Gasteiger partial charge in [0, 0.05) is 16.3 Å². The Hall–Kier alpha value is -2.17. The van der Waals surface area contributed by atoms with Crippen molar-refractivity contribution in [3.8, 4) is 22.6 Å².